The maximum atomic E-state index is 11.2. The summed E-state index contributed by atoms with van der Waals surface area (Å²) in [5.74, 6) is -0.364. The van der Waals surface area contributed by atoms with Gasteiger partial charge in [0.15, 0.2) is 0 Å². The minimum Gasteiger partial charge on any atom is -0.355 e. The van der Waals surface area contributed by atoms with E-state index in [1.54, 1.807) is 0 Å². The average molecular weight is 251 g/mol. The number of hydrogen-bond acceptors (Lipinski definition) is 4. The molecule has 0 aliphatic heterocycles. The Morgan fingerprint density at radius 2 is 1.94 bits per heavy atom. The molecule has 96 valence electrons. The topological polar surface area (TPSA) is 101 Å². The predicted molar refractivity (Wildman–Crippen MR) is 63.4 cm³/mol. The summed E-state index contributed by atoms with van der Waals surface area (Å²) in [5.41, 5.74) is 0. The normalized spacial score (nSPS) is 11.8. The molecule has 0 bridgehead atoms. The lowest BCUT2D eigenvalue weighted by Gasteiger charge is -2.07. The van der Waals surface area contributed by atoms with Crippen LogP contribution in [0.15, 0.2) is 0 Å². The molecule has 16 heavy (non-hydrogen) atoms. The monoisotopic (exact) mass is 251 g/mol. The zero-order chi connectivity index (χ0) is 12.6. The molecular weight excluding hydrogens is 230 g/mol. The summed E-state index contributed by atoms with van der Waals surface area (Å²) in [6.45, 7) is 4.92. The fourth-order valence-corrected chi connectivity index (χ4v) is 1.45. The SMILES string of the molecule is CC(C)NCCCC(=O)NCCS(N)(=O)=O. The predicted octanol–water partition coefficient (Wildman–Crippen LogP) is -0.831. The minimum absolute atomic E-state index is 0.0786. The van der Waals surface area contributed by atoms with Crippen LogP contribution in [0.25, 0.3) is 0 Å². The van der Waals surface area contributed by atoms with Crippen LogP contribution in [-0.4, -0.2) is 39.2 Å². The number of sulfonamides is 1. The summed E-state index contributed by atoms with van der Waals surface area (Å²) in [4.78, 5) is 11.2. The van der Waals surface area contributed by atoms with Crippen molar-refractivity contribution >= 4 is 15.9 Å². The van der Waals surface area contributed by atoms with Gasteiger partial charge in [-0.15, -0.1) is 0 Å². The fraction of sp³-hybridized carbons (Fsp3) is 0.889. The number of carbonyl (C=O) groups is 1. The number of nitrogens with two attached hydrogens (primary N) is 1. The molecule has 0 aliphatic carbocycles. The number of hydrogen-bond donors (Lipinski definition) is 3. The number of amides is 1. The van der Waals surface area contributed by atoms with Crippen LogP contribution >= 0.6 is 0 Å². The van der Waals surface area contributed by atoms with Crippen LogP contribution < -0.4 is 15.8 Å². The van der Waals surface area contributed by atoms with Gasteiger partial charge in [-0.1, -0.05) is 13.8 Å². The smallest absolute Gasteiger partial charge is 0.220 e. The Morgan fingerprint density at radius 3 is 2.44 bits per heavy atom. The van der Waals surface area contributed by atoms with Gasteiger partial charge in [0.1, 0.15) is 0 Å². The van der Waals surface area contributed by atoms with E-state index in [1.807, 2.05) is 13.8 Å². The molecule has 0 aromatic heterocycles. The van der Waals surface area contributed by atoms with Crippen molar-refractivity contribution in [3.63, 3.8) is 0 Å². The molecule has 1 amide bonds. The first-order valence-electron chi connectivity index (χ1n) is 5.32. The van der Waals surface area contributed by atoms with Crippen LogP contribution in [0.4, 0.5) is 0 Å². The van der Waals surface area contributed by atoms with Crippen LogP contribution in [0.1, 0.15) is 26.7 Å². The van der Waals surface area contributed by atoms with Gasteiger partial charge in [-0.2, -0.15) is 0 Å². The van der Waals surface area contributed by atoms with E-state index in [9.17, 15) is 13.2 Å². The van der Waals surface area contributed by atoms with Crippen LogP contribution in [-0.2, 0) is 14.8 Å². The first-order valence-corrected chi connectivity index (χ1v) is 7.03. The molecule has 0 saturated carbocycles. The molecule has 7 heteroatoms. The van der Waals surface area contributed by atoms with E-state index in [2.05, 4.69) is 10.6 Å². The Kier molecular flexibility index (Phi) is 7.27. The molecule has 0 heterocycles. The van der Waals surface area contributed by atoms with E-state index < -0.39 is 10.0 Å². The second-order valence-electron chi connectivity index (χ2n) is 3.93. The summed E-state index contributed by atoms with van der Waals surface area (Å²) in [6, 6.07) is 0.408. The first kappa shape index (κ1) is 15.3. The summed E-state index contributed by atoms with van der Waals surface area (Å²) < 4.78 is 21.1. The molecule has 0 spiro atoms. The number of nitrogens with one attached hydrogen (secondary N) is 2. The van der Waals surface area contributed by atoms with Crippen LogP contribution in [0, 0.1) is 0 Å². The number of rotatable bonds is 8. The summed E-state index contributed by atoms with van der Waals surface area (Å²) in [5, 5.41) is 10.5. The van der Waals surface area contributed by atoms with Crippen molar-refractivity contribution < 1.29 is 13.2 Å². The van der Waals surface area contributed by atoms with Gasteiger partial charge in [-0.3, -0.25) is 4.79 Å². The molecule has 6 nitrogen and oxygen atoms in total. The zero-order valence-corrected chi connectivity index (χ0v) is 10.6. The summed E-state index contributed by atoms with van der Waals surface area (Å²) in [7, 11) is -3.48. The zero-order valence-electron chi connectivity index (χ0n) is 9.82. The Hall–Kier alpha value is -0.660. The van der Waals surface area contributed by atoms with Crippen molar-refractivity contribution in [1.29, 1.82) is 0 Å². The largest absolute Gasteiger partial charge is 0.355 e. The summed E-state index contributed by atoms with van der Waals surface area (Å²) >= 11 is 0. The van der Waals surface area contributed by atoms with E-state index >= 15 is 0 Å². The Labute approximate surface area is 97.0 Å². The van der Waals surface area contributed by atoms with Gasteiger partial charge in [0.05, 0.1) is 5.75 Å². The lowest BCUT2D eigenvalue weighted by molar-refractivity contribution is -0.121. The van der Waals surface area contributed by atoms with Crippen molar-refractivity contribution in [3.8, 4) is 0 Å². The van der Waals surface area contributed by atoms with Gasteiger partial charge in [-0.25, -0.2) is 13.6 Å². The highest BCUT2D eigenvalue weighted by Gasteiger charge is 2.04. The molecule has 0 fully saturated rings. The van der Waals surface area contributed by atoms with Gasteiger partial charge in [-0.05, 0) is 13.0 Å². The van der Waals surface area contributed by atoms with Gasteiger partial charge in [0, 0.05) is 19.0 Å². The van der Waals surface area contributed by atoms with Crippen molar-refractivity contribution in [2.45, 2.75) is 32.7 Å². The Balaban J connectivity index is 3.46. The number of primary sulfonamides is 1. The molecule has 0 radical (unpaired) electrons. The van der Waals surface area contributed by atoms with Gasteiger partial charge < -0.3 is 10.6 Å². The standard InChI is InChI=1S/C9H21N3O3S/c1-8(2)11-5-3-4-9(13)12-6-7-16(10,14)15/h8,11H,3-7H2,1-2H3,(H,12,13)(H2,10,14,15). The second kappa shape index (κ2) is 7.59. The molecule has 0 saturated heterocycles. The van der Waals surface area contributed by atoms with E-state index in [4.69, 9.17) is 5.14 Å². The first-order chi connectivity index (χ1) is 7.31. The average Bonchev–Trinajstić information content (AvgIpc) is 2.10. The van der Waals surface area contributed by atoms with Crippen LogP contribution in [0.2, 0.25) is 0 Å². The second-order valence-corrected chi connectivity index (χ2v) is 5.66. The highest BCUT2D eigenvalue weighted by Crippen LogP contribution is 1.88. The highest BCUT2D eigenvalue weighted by atomic mass is 32.2. The van der Waals surface area contributed by atoms with Crippen LogP contribution in [0.5, 0.6) is 0 Å². The summed E-state index contributed by atoms with van der Waals surface area (Å²) in [6.07, 6.45) is 1.13. The van der Waals surface area contributed by atoms with Crippen molar-refractivity contribution in [2.24, 2.45) is 5.14 Å². The quantitative estimate of drug-likeness (QED) is 0.490. The lowest BCUT2D eigenvalue weighted by Crippen LogP contribution is -2.32. The van der Waals surface area contributed by atoms with E-state index in [1.165, 1.54) is 0 Å². The van der Waals surface area contributed by atoms with Crippen molar-refractivity contribution in [2.75, 3.05) is 18.8 Å². The van der Waals surface area contributed by atoms with Gasteiger partial charge in [0.2, 0.25) is 15.9 Å². The van der Waals surface area contributed by atoms with Gasteiger partial charge >= 0.3 is 0 Å². The molecule has 0 rings (SSSR count). The molecule has 0 unspecified atom stereocenters. The third-order valence-electron chi connectivity index (χ3n) is 1.84. The molecule has 0 aliphatic rings. The molecule has 0 aromatic rings. The Morgan fingerprint density at radius 1 is 1.31 bits per heavy atom. The molecule has 4 N–H and O–H groups in total. The highest BCUT2D eigenvalue weighted by molar-refractivity contribution is 7.89. The van der Waals surface area contributed by atoms with E-state index in [0.717, 1.165) is 13.0 Å². The van der Waals surface area contributed by atoms with Crippen LogP contribution in [0.3, 0.4) is 0 Å². The lowest BCUT2D eigenvalue weighted by atomic mass is 10.3. The molecule has 0 atom stereocenters. The van der Waals surface area contributed by atoms with Crippen molar-refractivity contribution in [1.82, 2.24) is 10.6 Å². The molecular formula is C9H21N3O3S. The van der Waals surface area contributed by atoms with E-state index in [0.29, 0.717) is 12.5 Å². The maximum absolute atomic E-state index is 11.2. The van der Waals surface area contributed by atoms with Gasteiger partial charge in [0.25, 0.3) is 0 Å². The van der Waals surface area contributed by atoms with Crippen molar-refractivity contribution in [3.05, 3.63) is 0 Å². The third kappa shape index (κ3) is 11.4. The third-order valence-corrected chi connectivity index (χ3v) is 2.62. The number of carbonyl (C=O) groups excluding carboxylic acids is 1. The maximum Gasteiger partial charge on any atom is 0.220 e. The Bertz CT molecular complexity index is 301. The minimum atomic E-state index is -3.48. The van der Waals surface area contributed by atoms with E-state index in [-0.39, 0.29) is 18.2 Å². The molecule has 0 aromatic carbocycles. The fourth-order valence-electron chi connectivity index (χ4n) is 1.06.